The van der Waals surface area contributed by atoms with Crippen LogP contribution in [0.5, 0.6) is 11.5 Å². The Morgan fingerprint density at radius 1 is 1.17 bits per heavy atom. The largest absolute Gasteiger partial charge is 0.493 e. The van der Waals surface area contributed by atoms with Crippen LogP contribution >= 0.6 is 0 Å². The molecule has 5 heteroatoms. The summed E-state index contributed by atoms with van der Waals surface area (Å²) in [5, 5.41) is 3.23. The molecule has 0 fully saturated rings. The van der Waals surface area contributed by atoms with Gasteiger partial charge in [0, 0.05) is 20.2 Å². The van der Waals surface area contributed by atoms with Crippen LogP contribution in [0, 0.1) is 0 Å². The predicted molar refractivity (Wildman–Crippen MR) is 68.0 cm³/mol. The second-order valence-corrected chi connectivity index (χ2v) is 3.69. The van der Waals surface area contributed by atoms with Gasteiger partial charge in [0.25, 0.3) is 0 Å². The quantitative estimate of drug-likeness (QED) is 0.685. The van der Waals surface area contributed by atoms with E-state index in [0.717, 1.165) is 12.1 Å². The normalized spacial score (nSPS) is 10.4. The minimum absolute atomic E-state index is 0.0386. The number of alkyl halides is 1. The van der Waals surface area contributed by atoms with Gasteiger partial charge in [0.2, 0.25) is 0 Å². The summed E-state index contributed by atoms with van der Waals surface area (Å²) < 4.78 is 27.5. The lowest BCUT2D eigenvalue weighted by atomic mass is 10.2. The number of rotatable bonds is 9. The Balaban J connectivity index is 2.57. The van der Waals surface area contributed by atoms with Crippen LogP contribution in [-0.2, 0) is 11.3 Å². The van der Waals surface area contributed by atoms with E-state index in [2.05, 4.69) is 5.32 Å². The van der Waals surface area contributed by atoms with Gasteiger partial charge < -0.3 is 19.5 Å². The van der Waals surface area contributed by atoms with Crippen molar-refractivity contribution >= 4 is 0 Å². The molecule has 0 saturated carbocycles. The zero-order valence-electron chi connectivity index (χ0n) is 10.9. The summed E-state index contributed by atoms with van der Waals surface area (Å²) in [5.74, 6) is 1.19. The van der Waals surface area contributed by atoms with E-state index in [1.165, 1.54) is 0 Å². The third-order valence-corrected chi connectivity index (χ3v) is 2.37. The molecule has 0 aliphatic rings. The summed E-state index contributed by atoms with van der Waals surface area (Å²) in [4.78, 5) is 0. The van der Waals surface area contributed by atoms with Crippen molar-refractivity contribution in [2.24, 2.45) is 0 Å². The molecule has 18 heavy (non-hydrogen) atoms. The van der Waals surface area contributed by atoms with Crippen molar-refractivity contribution < 1.29 is 18.6 Å². The van der Waals surface area contributed by atoms with E-state index in [-0.39, 0.29) is 6.61 Å². The number of halogens is 1. The molecule has 0 saturated heterocycles. The zero-order valence-corrected chi connectivity index (χ0v) is 10.9. The van der Waals surface area contributed by atoms with E-state index in [1.54, 1.807) is 14.2 Å². The van der Waals surface area contributed by atoms with Crippen LogP contribution in [-0.4, -0.2) is 40.7 Å². The average Bonchev–Trinajstić information content (AvgIpc) is 2.41. The molecule has 0 atom stereocenters. The highest BCUT2D eigenvalue weighted by molar-refractivity contribution is 5.42. The van der Waals surface area contributed by atoms with Gasteiger partial charge in [-0.25, -0.2) is 4.39 Å². The molecule has 4 nitrogen and oxygen atoms in total. The third-order valence-electron chi connectivity index (χ3n) is 2.37. The Bertz CT molecular complexity index is 347. The fourth-order valence-electron chi connectivity index (χ4n) is 1.50. The van der Waals surface area contributed by atoms with Crippen LogP contribution in [0.3, 0.4) is 0 Å². The summed E-state index contributed by atoms with van der Waals surface area (Å²) in [5.41, 5.74) is 1.06. The molecular weight excluding hydrogens is 237 g/mol. The lowest BCUT2D eigenvalue weighted by Gasteiger charge is -2.11. The van der Waals surface area contributed by atoms with Gasteiger partial charge in [-0.3, -0.25) is 0 Å². The number of ether oxygens (including phenoxy) is 3. The van der Waals surface area contributed by atoms with Gasteiger partial charge in [0.05, 0.1) is 13.7 Å². The summed E-state index contributed by atoms with van der Waals surface area (Å²) in [6.45, 7) is 1.68. The highest BCUT2D eigenvalue weighted by atomic mass is 19.1. The fourth-order valence-corrected chi connectivity index (χ4v) is 1.50. The molecule has 1 rings (SSSR count). The fraction of sp³-hybridized carbons (Fsp3) is 0.538. The molecule has 1 aromatic carbocycles. The molecular formula is C13H20FNO3. The molecule has 102 valence electrons. The molecule has 0 aliphatic heterocycles. The van der Waals surface area contributed by atoms with Crippen molar-refractivity contribution in [2.75, 3.05) is 40.7 Å². The molecule has 1 aromatic rings. The van der Waals surface area contributed by atoms with E-state index >= 15 is 0 Å². The molecule has 0 aromatic heterocycles. The summed E-state index contributed by atoms with van der Waals surface area (Å²) in [7, 11) is 3.23. The Labute approximate surface area is 107 Å². The maximum absolute atomic E-state index is 12.1. The van der Waals surface area contributed by atoms with Crippen molar-refractivity contribution in [2.45, 2.75) is 6.54 Å². The van der Waals surface area contributed by atoms with Crippen molar-refractivity contribution in [3.05, 3.63) is 23.8 Å². The molecule has 1 N–H and O–H groups in total. The van der Waals surface area contributed by atoms with E-state index in [9.17, 15) is 4.39 Å². The summed E-state index contributed by atoms with van der Waals surface area (Å²) in [6, 6.07) is 5.62. The van der Waals surface area contributed by atoms with Crippen LogP contribution in [0.2, 0.25) is 0 Å². The van der Waals surface area contributed by atoms with Crippen LogP contribution in [0.4, 0.5) is 4.39 Å². The van der Waals surface area contributed by atoms with Crippen LogP contribution in [0.25, 0.3) is 0 Å². The van der Waals surface area contributed by atoms with Gasteiger partial charge in [-0.05, 0) is 17.7 Å². The number of methoxy groups -OCH3 is 2. The molecule has 0 amide bonds. The van der Waals surface area contributed by atoms with Crippen molar-refractivity contribution in [3.8, 4) is 11.5 Å². The highest BCUT2D eigenvalue weighted by Gasteiger charge is 2.05. The van der Waals surface area contributed by atoms with E-state index in [0.29, 0.717) is 24.7 Å². The SMILES string of the molecule is COCCNCc1ccc(OC)c(OCCF)c1. The monoisotopic (exact) mass is 257 g/mol. The summed E-state index contributed by atoms with van der Waals surface area (Å²) >= 11 is 0. The van der Waals surface area contributed by atoms with Crippen molar-refractivity contribution in [3.63, 3.8) is 0 Å². The number of nitrogens with one attached hydrogen (secondary N) is 1. The first-order valence-electron chi connectivity index (χ1n) is 5.87. The number of hydrogen-bond acceptors (Lipinski definition) is 4. The smallest absolute Gasteiger partial charge is 0.161 e. The van der Waals surface area contributed by atoms with Gasteiger partial charge in [-0.15, -0.1) is 0 Å². The van der Waals surface area contributed by atoms with Crippen LogP contribution in [0.1, 0.15) is 5.56 Å². The zero-order chi connectivity index (χ0) is 13.2. The molecule has 0 aliphatic carbocycles. The number of benzene rings is 1. The first-order chi connectivity index (χ1) is 8.81. The Hall–Kier alpha value is -1.33. The molecule has 0 radical (unpaired) electrons. The van der Waals surface area contributed by atoms with E-state index < -0.39 is 6.67 Å². The molecule has 0 spiro atoms. The van der Waals surface area contributed by atoms with Gasteiger partial charge in [-0.2, -0.15) is 0 Å². The minimum Gasteiger partial charge on any atom is -0.493 e. The molecule has 0 unspecified atom stereocenters. The summed E-state index contributed by atoms with van der Waals surface area (Å²) in [6.07, 6.45) is 0. The minimum atomic E-state index is -0.514. The van der Waals surface area contributed by atoms with Crippen LogP contribution in [0.15, 0.2) is 18.2 Å². The maximum Gasteiger partial charge on any atom is 0.161 e. The van der Waals surface area contributed by atoms with E-state index in [4.69, 9.17) is 14.2 Å². The van der Waals surface area contributed by atoms with Gasteiger partial charge in [0.15, 0.2) is 11.5 Å². The lowest BCUT2D eigenvalue weighted by Crippen LogP contribution is -2.18. The Morgan fingerprint density at radius 2 is 2.00 bits per heavy atom. The number of hydrogen-bond donors (Lipinski definition) is 1. The second-order valence-electron chi connectivity index (χ2n) is 3.69. The third kappa shape index (κ3) is 4.89. The van der Waals surface area contributed by atoms with Crippen molar-refractivity contribution in [1.29, 1.82) is 0 Å². The van der Waals surface area contributed by atoms with Gasteiger partial charge >= 0.3 is 0 Å². The second kappa shape index (κ2) is 8.72. The van der Waals surface area contributed by atoms with Gasteiger partial charge in [0.1, 0.15) is 13.3 Å². The lowest BCUT2D eigenvalue weighted by molar-refractivity contribution is 0.199. The molecule has 0 bridgehead atoms. The van der Waals surface area contributed by atoms with Gasteiger partial charge in [-0.1, -0.05) is 6.07 Å². The topological polar surface area (TPSA) is 39.7 Å². The van der Waals surface area contributed by atoms with Crippen molar-refractivity contribution in [1.82, 2.24) is 5.32 Å². The highest BCUT2D eigenvalue weighted by Crippen LogP contribution is 2.27. The maximum atomic E-state index is 12.1. The average molecular weight is 257 g/mol. The van der Waals surface area contributed by atoms with Crippen LogP contribution < -0.4 is 14.8 Å². The van der Waals surface area contributed by atoms with E-state index in [1.807, 2.05) is 18.2 Å². The molecule has 0 heterocycles. The Morgan fingerprint density at radius 3 is 2.67 bits per heavy atom. The predicted octanol–water partition coefficient (Wildman–Crippen LogP) is 1.78. The first-order valence-corrected chi connectivity index (χ1v) is 5.87. The standard InChI is InChI=1S/C13H20FNO3/c1-16-8-6-15-10-11-3-4-12(17-2)13(9-11)18-7-5-14/h3-4,9,15H,5-8,10H2,1-2H3. The Kier molecular flexibility index (Phi) is 7.13. The first kappa shape index (κ1) is 14.7.